The van der Waals surface area contributed by atoms with Gasteiger partial charge in [-0.3, -0.25) is 4.79 Å². The van der Waals surface area contributed by atoms with Crippen LogP contribution in [0.4, 0.5) is 4.39 Å². The monoisotopic (exact) mass is 341 g/mol. The van der Waals surface area contributed by atoms with Crippen molar-refractivity contribution in [2.24, 2.45) is 0 Å². The van der Waals surface area contributed by atoms with Crippen LogP contribution < -0.4 is 5.32 Å². The van der Waals surface area contributed by atoms with Crippen molar-refractivity contribution in [3.8, 4) is 0 Å². The lowest BCUT2D eigenvalue weighted by Crippen LogP contribution is -2.31. The van der Waals surface area contributed by atoms with Gasteiger partial charge >= 0.3 is 0 Å². The molecule has 0 saturated carbocycles. The second-order valence-corrected chi connectivity index (χ2v) is 7.75. The van der Waals surface area contributed by atoms with Crippen molar-refractivity contribution in [1.29, 1.82) is 0 Å². The number of aromatic nitrogens is 1. The van der Waals surface area contributed by atoms with Crippen LogP contribution in [0.25, 0.3) is 10.9 Å². The molecule has 1 heterocycles. The van der Waals surface area contributed by atoms with E-state index in [4.69, 9.17) is 0 Å². The Labute approximate surface area is 134 Å². The average Bonchev–Trinajstić information content (AvgIpc) is 2.87. The van der Waals surface area contributed by atoms with Gasteiger partial charge in [-0.05, 0) is 30.2 Å². The highest BCUT2D eigenvalue weighted by molar-refractivity contribution is 7.89. The number of hydrogen-bond acceptors (Lipinski definition) is 3. The second-order valence-electron chi connectivity index (χ2n) is 5.45. The molecule has 0 saturated heterocycles. The number of fused-ring (bicyclic) bond motifs is 1. The Bertz CT molecular complexity index is 799. The van der Waals surface area contributed by atoms with Gasteiger partial charge in [0.15, 0.2) is 0 Å². The van der Waals surface area contributed by atoms with Gasteiger partial charge in [0.25, 0.3) is 0 Å². The Morgan fingerprint density at radius 1 is 1.35 bits per heavy atom. The van der Waals surface area contributed by atoms with Crippen molar-refractivity contribution in [2.75, 3.05) is 26.4 Å². The SMILES string of the molecule is CN(C)S(=O)(=O)CCC(=O)NCCc1c[nH]c2ccc(F)cc12. The first kappa shape index (κ1) is 17.4. The lowest BCUT2D eigenvalue weighted by Gasteiger charge is -2.11. The summed E-state index contributed by atoms with van der Waals surface area (Å²) in [7, 11) is -0.501. The maximum atomic E-state index is 13.3. The van der Waals surface area contributed by atoms with Crippen molar-refractivity contribution in [1.82, 2.24) is 14.6 Å². The van der Waals surface area contributed by atoms with Crippen LogP contribution in [0, 0.1) is 5.82 Å². The number of aromatic amines is 1. The molecule has 0 aliphatic rings. The van der Waals surface area contributed by atoms with Gasteiger partial charge < -0.3 is 10.3 Å². The number of nitrogens with zero attached hydrogens (tertiary/aromatic N) is 1. The number of carbonyl (C=O) groups is 1. The fraction of sp³-hybridized carbons (Fsp3) is 0.400. The first-order valence-corrected chi connectivity index (χ1v) is 8.83. The van der Waals surface area contributed by atoms with Crippen molar-refractivity contribution in [3.05, 3.63) is 35.8 Å². The van der Waals surface area contributed by atoms with E-state index in [9.17, 15) is 17.6 Å². The van der Waals surface area contributed by atoms with Gasteiger partial charge in [-0.1, -0.05) is 0 Å². The van der Waals surface area contributed by atoms with Gasteiger partial charge in [0.1, 0.15) is 5.82 Å². The third kappa shape index (κ3) is 4.52. The second kappa shape index (κ2) is 7.10. The zero-order valence-electron chi connectivity index (χ0n) is 13.1. The largest absolute Gasteiger partial charge is 0.361 e. The predicted octanol–water partition coefficient (Wildman–Crippen LogP) is 1.25. The van der Waals surface area contributed by atoms with Crippen LogP contribution in [-0.2, 0) is 21.2 Å². The smallest absolute Gasteiger partial charge is 0.221 e. The normalized spacial score (nSPS) is 12.0. The lowest BCUT2D eigenvalue weighted by molar-refractivity contribution is -0.120. The van der Waals surface area contributed by atoms with Crippen LogP contribution >= 0.6 is 0 Å². The first-order valence-electron chi connectivity index (χ1n) is 7.22. The van der Waals surface area contributed by atoms with Gasteiger partial charge in [0, 0.05) is 44.2 Å². The number of rotatable bonds is 7. The Balaban J connectivity index is 1.84. The molecule has 0 aliphatic heterocycles. The van der Waals surface area contributed by atoms with Crippen LogP contribution in [0.15, 0.2) is 24.4 Å². The number of hydrogen-bond donors (Lipinski definition) is 2. The van der Waals surface area contributed by atoms with Gasteiger partial charge in [0.05, 0.1) is 5.75 Å². The van der Waals surface area contributed by atoms with Crippen molar-refractivity contribution >= 4 is 26.8 Å². The van der Waals surface area contributed by atoms with E-state index in [1.165, 1.54) is 26.2 Å². The van der Waals surface area contributed by atoms with Crippen molar-refractivity contribution in [2.45, 2.75) is 12.8 Å². The number of benzene rings is 1. The molecule has 0 atom stereocenters. The molecule has 8 heteroatoms. The molecule has 0 unspecified atom stereocenters. The topological polar surface area (TPSA) is 82.3 Å². The summed E-state index contributed by atoms with van der Waals surface area (Å²) in [4.78, 5) is 14.7. The molecule has 0 spiro atoms. The maximum absolute atomic E-state index is 13.3. The maximum Gasteiger partial charge on any atom is 0.221 e. The van der Waals surface area contributed by atoms with E-state index in [0.29, 0.717) is 13.0 Å². The number of carbonyl (C=O) groups excluding carboxylic acids is 1. The van der Waals surface area contributed by atoms with Gasteiger partial charge in [-0.15, -0.1) is 0 Å². The molecule has 0 bridgehead atoms. The Morgan fingerprint density at radius 2 is 2.09 bits per heavy atom. The van der Waals surface area contributed by atoms with Gasteiger partial charge in [-0.2, -0.15) is 0 Å². The van der Waals surface area contributed by atoms with E-state index < -0.39 is 10.0 Å². The van der Waals surface area contributed by atoms with Crippen LogP contribution in [0.5, 0.6) is 0 Å². The quantitative estimate of drug-likeness (QED) is 0.795. The number of amides is 1. The lowest BCUT2D eigenvalue weighted by atomic mass is 10.1. The Morgan fingerprint density at radius 3 is 2.78 bits per heavy atom. The molecule has 0 fully saturated rings. The van der Waals surface area contributed by atoms with E-state index in [0.717, 1.165) is 20.8 Å². The van der Waals surface area contributed by atoms with Crippen LogP contribution in [0.1, 0.15) is 12.0 Å². The standard InChI is InChI=1S/C15H20FN3O3S/c1-19(2)23(21,22)8-6-15(20)17-7-5-11-10-18-14-4-3-12(16)9-13(11)14/h3-4,9-10,18H,5-8H2,1-2H3,(H,17,20). The number of halogens is 1. The van der Waals surface area contributed by atoms with E-state index in [-0.39, 0.29) is 23.9 Å². The molecule has 2 rings (SSSR count). The molecular weight excluding hydrogens is 321 g/mol. The summed E-state index contributed by atoms with van der Waals surface area (Å²) >= 11 is 0. The number of sulfonamides is 1. The minimum absolute atomic E-state index is 0.0803. The molecule has 2 N–H and O–H groups in total. The molecular formula is C15H20FN3O3S. The summed E-state index contributed by atoms with van der Waals surface area (Å²) in [5, 5.41) is 3.47. The summed E-state index contributed by atoms with van der Waals surface area (Å²) in [6, 6.07) is 4.50. The molecule has 1 amide bonds. The van der Waals surface area contributed by atoms with E-state index in [1.54, 1.807) is 12.3 Å². The molecule has 2 aromatic rings. The fourth-order valence-corrected chi connectivity index (χ4v) is 3.00. The first-order chi connectivity index (χ1) is 10.8. The van der Waals surface area contributed by atoms with Crippen molar-refractivity contribution < 1.29 is 17.6 Å². The Hall–Kier alpha value is -1.93. The predicted molar refractivity (Wildman–Crippen MR) is 87.1 cm³/mol. The third-order valence-corrected chi connectivity index (χ3v) is 5.42. The molecule has 1 aromatic carbocycles. The van der Waals surface area contributed by atoms with Crippen LogP contribution in [0.3, 0.4) is 0 Å². The van der Waals surface area contributed by atoms with Crippen LogP contribution in [0.2, 0.25) is 0 Å². The molecule has 6 nitrogen and oxygen atoms in total. The third-order valence-electron chi connectivity index (χ3n) is 3.59. The van der Waals surface area contributed by atoms with Crippen molar-refractivity contribution in [3.63, 3.8) is 0 Å². The van der Waals surface area contributed by atoms with E-state index in [1.807, 2.05) is 0 Å². The summed E-state index contributed by atoms with van der Waals surface area (Å²) in [5.74, 6) is -0.845. The molecule has 0 aliphatic carbocycles. The molecule has 126 valence electrons. The molecule has 0 radical (unpaired) electrons. The minimum Gasteiger partial charge on any atom is -0.361 e. The zero-order valence-corrected chi connectivity index (χ0v) is 13.9. The van der Waals surface area contributed by atoms with E-state index in [2.05, 4.69) is 10.3 Å². The summed E-state index contributed by atoms with van der Waals surface area (Å²) < 4.78 is 37.5. The highest BCUT2D eigenvalue weighted by Crippen LogP contribution is 2.19. The average molecular weight is 341 g/mol. The summed E-state index contributed by atoms with van der Waals surface area (Å²) in [5.41, 5.74) is 1.74. The summed E-state index contributed by atoms with van der Waals surface area (Å²) in [6.07, 6.45) is 2.24. The molecule has 1 aromatic heterocycles. The van der Waals surface area contributed by atoms with Gasteiger partial charge in [0.2, 0.25) is 15.9 Å². The zero-order chi connectivity index (χ0) is 17.0. The minimum atomic E-state index is -3.37. The highest BCUT2D eigenvalue weighted by atomic mass is 32.2. The number of nitrogens with one attached hydrogen (secondary N) is 2. The van der Waals surface area contributed by atoms with Gasteiger partial charge in [-0.25, -0.2) is 17.1 Å². The number of H-pyrrole nitrogens is 1. The molecule has 23 heavy (non-hydrogen) atoms. The van der Waals surface area contributed by atoms with Crippen LogP contribution in [-0.4, -0.2) is 50.0 Å². The fourth-order valence-electron chi connectivity index (χ4n) is 2.19. The highest BCUT2D eigenvalue weighted by Gasteiger charge is 2.15. The summed E-state index contributed by atoms with van der Waals surface area (Å²) in [6.45, 7) is 0.365. The Kier molecular flexibility index (Phi) is 5.38. The van der Waals surface area contributed by atoms with E-state index >= 15 is 0 Å².